The summed E-state index contributed by atoms with van der Waals surface area (Å²) in [6, 6.07) is 8.39. The van der Waals surface area contributed by atoms with E-state index in [1.54, 1.807) is 0 Å². The molecule has 0 aliphatic heterocycles. The molecule has 0 bridgehead atoms. The van der Waals surface area contributed by atoms with Gasteiger partial charge in [0.25, 0.3) is 0 Å². The second-order valence-electron chi connectivity index (χ2n) is 6.61. The number of aliphatic hydroxyl groups excluding tert-OH is 1. The number of hydrogen-bond donors (Lipinski definition) is 2. The van der Waals surface area contributed by atoms with Crippen molar-refractivity contribution in [2.24, 2.45) is 5.92 Å². The molecule has 0 atom stereocenters. The van der Waals surface area contributed by atoms with Gasteiger partial charge in [0, 0.05) is 30.1 Å². The van der Waals surface area contributed by atoms with Crippen molar-refractivity contribution in [3.8, 4) is 0 Å². The third-order valence-electron chi connectivity index (χ3n) is 4.56. The normalized spacial score (nSPS) is 14.1. The Morgan fingerprint density at radius 1 is 1.33 bits per heavy atom. The van der Waals surface area contributed by atoms with Crippen molar-refractivity contribution in [1.29, 1.82) is 0 Å². The van der Waals surface area contributed by atoms with Crippen LogP contribution in [0.25, 0.3) is 0 Å². The highest BCUT2D eigenvalue weighted by molar-refractivity contribution is 5.46. The molecule has 1 fully saturated rings. The van der Waals surface area contributed by atoms with Crippen LogP contribution in [0.2, 0.25) is 0 Å². The fraction of sp³-hybridized carbons (Fsp3) is 0.526. The molecule has 5 nitrogen and oxygen atoms in total. The van der Waals surface area contributed by atoms with E-state index >= 15 is 0 Å². The molecule has 1 saturated carbocycles. The molecule has 130 valence electrons. The minimum Gasteiger partial charge on any atom is -0.394 e. The van der Waals surface area contributed by atoms with Gasteiger partial charge in [-0.2, -0.15) is 5.10 Å². The SMILES string of the molecule is Cc1nn(CCO)c(C)c1CNc1cccc(COCC2CC2)c1. The molecule has 0 saturated heterocycles. The monoisotopic (exact) mass is 329 g/mol. The lowest BCUT2D eigenvalue weighted by molar-refractivity contribution is 0.111. The molecule has 1 heterocycles. The Morgan fingerprint density at radius 2 is 2.17 bits per heavy atom. The third-order valence-corrected chi connectivity index (χ3v) is 4.56. The minimum atomic E-state index is 0.109. The Morgan fingerprint density at radius 3 is 2.92 bits per heavy atom. The lowest BCUT2D eigenvalue weighted by Gasteiger charge is -2.10. The summed E-state index contributed by atoms with van der Waals surface area (Å²) >= 11 is 0. The van der Waals surface area contributed by atoms with Gasteiger partial charge in [-0.15, -0.1) is 0 Å². The highest BCUT2D eigenvalue weighted by Crippen LogP contribution is 2.29. The van der Waals surface area contributed by atoms with E-state index in [0.717, 1.165) is 36.1 Å². The molecule has 0 radical (unpaired) electrons. The number of aromatic nitrogens is 2. The zero-order valence-corrected chi connectivity index (χ0v) is 14.6. The molecular formula is C19H27N3O2. The largest absolute Gasteiger partial charge is 0.394 e. The average molecular weight is 329 g/mol. The van der Waals surface area contributed by atoms with Crippen LogP contribution in [-0.4, -0.2) is 28.1 Å². The Labute approximate surface area is 143 Å². The number of benzene rings is 1. The number of aliphatic hydroxyl groups is 1. The van der Waals surface area contributed by atoms with E-state index in [4.69, 9.17) is 9.84 Å². The number of hydrogen-bond acceptors (Lipinski definition) is 4. The Kier molecular flexibility index (Phi) is 5.53. The smallest absolute Gasteiger partial charge is 0.0717 e. The molecule has 1 aliphatic rings. The Bertz CT molecular complexity index is 677. The summed E-state index contributed by atoms with van der Waals surface area (Å²) in [5.74, 6) is 0.799. The van der Waals surface area contributed by atoms with Gasteiger partial charge in [-0.25, -0.2) is 0 Å². The standard InChI is InChI=1S/C19H27N3O2/c1-14-19(15(2)22(21-14)8-9-23)11-20-18-5-3-4-17(10-18)13-24-12-16-6-7-16/h3-5,10,16,20,23H,6-9,11-13H2,1-2H3. The molecule has 0 spiro atoms. The van der Waals surface area contributed by atoms with E-state index in [0.29, 0.717) is 13.2 Å². The van der Waals surface area contributed by atoms with Crippen LogP contribution < -0.4 is 5.32 Å². The number of ether oxygens (including phenoxy) is 1. The summed E-state index contributed by atoms with van der Waals surface area (Å²) in [5, 5.41) is 17.1. The first-order chi connectivity index (χ1) is 11.7. The zero-order chi connectivity index (χ0) is 16.9. The fourth-order valence-corrected chi connectivity index (χ4v) is 2.89. The van der Waals surface area contributed by atoms with Crippen LogP contribution in [0.5, 0.6) is 0 Å². The Balaban J connectivity index is 1.57. The van der Waals surface area contributed by atoms with Crippen LogP contribution in [0.1, 0.15) is 35.4 Å². The van der Waals surface area contributed by atoms with Gasteiger partial charge in [-0.1, -0.05) is 12.1 Å². The summed E-state index contributed by atoms with van der Waals surface area (Å²) in [5.41, 5.74) is 5.61. The van der Waals surface area contributed by atoms with Gasteiger partial charge in [-0.3, -0.25) is 4.68 Å². The summed E-state index contributed by atoms with van der Waals surface area (Å²) < 4.78 is 7.63. The van der Waals surface area contributed by atoms with Crippen molar-refractivity contribution in [2.75, 3.05) is 18.5 Å². The predicted molar refractivity (Wildman–Crippen MR) is 94.9 cm³/mol. The summed E-state index contributed by atoms with van der Waals surface area (Å²) in [6.07, 6.45) is 2.65. The highest BCUT2D eigenvalue weighted by Gasteiger charge is 2.21. The third kappa shape index (κ3) is 4.36. The van der Waals surface area contributed by atoms with E-state index in [2.05, 4.69) is 41.6 Å². The maximum absolute atomic E-state index is 9.10. The van der Waals surface area contributed by atoms with Gasteiger partial charge in [0.1, 0.15) is 0 Å². The van der Waals surface area contributed by atoms with Crippen LogP contribution in [0.15, 0.2) is 24.3 Å². The molecule has 2 N–H and O–H groups in total. The van der Waals surface area contributed by atoms with Gasteiger partial charge in [-0.05, 0) is 50.3 Å². The topological polar surface area (TPSA) is 59.3 Å². The second-order valence-corrected chi connectivity index (χ2v) is 6.61. The number of nitrogens with zero attached hydrogens (tertiary/aromatic N) is 2. The van der Waals surface area contributed by atoms with Gasteiger partial charge in [0.15, 0.2) is 0 Å². The van der Waals surface area contributed by atoms with Crippen molar-refractivity contribution in [3.05, 3.63) is 46.8 Å². The summed E-state index contributed by atoms with van der Waals surface area (Å²) in [7, 11) is 0. The predicted octanol–water partition coefficient (Wildman–Crippen LogP) is 3.03. The van der Waals surface area contributed by atoms with Crippen LogP contribution in [-0.2, 0) is 24.4 Å². The molecule has 0 amide bonds. The Hall–Kier alpha value is -1.85. The highest BCUT2D eigenvalue weighted by atomic mass is 16.5. The first kappa shape index (κ1) is 17.0. The molecule has 1 aromatic carbocycles. The van der Waals surface area contributed by atoms with E-state index in [-0.39, 0.29) is 6.61 Å². The molecule has 3 rings (SSSR count). The van der Waals surface area contributed by atoms with Crippen LogP contribution >= 0.6 is 0 Å². The molecule has 1 aliphatic carbocycles. The second kappa shape index (κ2) is 7.81. The minimum absolute atomic E-state index is 0.109. The van der Waals surface area contributed by atoms with Crippen molar-refractivity contribution >= 4 is 5.69 Å². The lowest BCUT2D eigenvalue weighted by atomic mass is 10.1. The number of anilines is 1. The molecule has 5 heteroatoms. The van der Waals surface area contributed by atoms with Gasteiger partial charge < -0.3 is 15.2 Å². The zero-order valence-electron chi connectivity index (χ0n) is 14.6. The van der Waals surface area contributed by atoms with Crippen molar-refractivity contribution < 1.29 is 9.84 Å². The number of rotatable bonds is 9. The van der Waals surface area contributed by atoms with Gasteiger partial charge in [0.05, 0.1) is 25.5 Å². The summed E-state index contributed by atoms with van der Waals surface area (Å²) in [4.78, 5) is 0. The maximum atomic E-state index is 9.10. The first-order valence-electron chi connectivity index (χ1n) is 8.71. The van der Waals surface area contributed by atoms with Crippen molar-refractivity contribution in [1.82, 2.24) is 9.78 Å². The molecular weight excluding hydrogens is 302 g/mol. The van der Waals surface area contributed by atoms with Gasteiger partial charge >= 0.3 is 0 Å². The lowest BCUT2D eigenvalue weighted by Crippen LogP contribution is -2.07. The first-order valence-corrected chi connectivity index (χ1v) is 8.71. The average Bonchev–Trinajstić information content (AvgIpc) is 3.35. The van der Waals surface area contributed by atoms with Crippen LogP contribution in [0, 0.1) is 19.8 Å². The summed E-state index contributed by atoms with van der Waals surface area (Å²) in [6.45, 7) is 7.02. The number of aryl methyl sites for hydroxylation is 1. The molecule has 24 heavy (non-hydrogen) atoms. The molecule has 0 unspecified atom stereocenters. The van der Waals surface area contributed by atoms with E-state index in [9.17, 15) is 0 Å². The quantitative estimate of drug-likeness (QED) is 0.742. The molecule has 2 aromatic rings. The van der Waals surface area contributed by atoms with Crippen molar-refractivity contribution in [2.45, 2.75) is 46.4 Å². The van der Waals surface area contributed by atoms with E-state index in [1.807, 2.05) is 11.6 Å². The maximum Gasteiger partial charge on any atom is 0.0717 e. The van der Waals surface area contributed by atoms with Crippen LogP contribution in [0.4, 0.5) is 5.69 Å². The fourth-order valence-electron chi connectivity index (χ4n) is 2.89. The number of nitrogens with one attached hydrogen (secondary N) is 1. The molecule has 1 aromatic heterocycles. The van der Waals surface area contributed by atoms with Crippen molar-refractivity contribution in [3.63, 3.8) is 0 Å². The van der Waals surface area contributed by atoms with E-state index in [1.165, 1.54) is 24.0 Å². The van der Waals surface area contributed by atoms with E-state index < -0.39 is 0 Å². The van der Waals surface area contributed by atoms with Crippen LogP contribution in [0.3, 0.4) is 0 Å². The van der Waals surface area contributed by atoms with Gasteiger partial charge in [0.2, 0.25) is 0 Å².